The molecule has 2 rings (SSSR count). The molecule has 1 aromatic carbocycles. The van der Waals surface area contributed by atoms with Crippen molar-refractivity contribution in [3.05, 3.63) is 44.4 Å². The number of benzene rings is 1. The van der Waals surface area contributed by atoms with Crippen molar-refractivity contribution < 1.29 is 9.50 Å². The van der Waals surface area contributed by atoms with Gasteiger partial charge in [-0.05, 0) is 46.6 Å². The minimum atomic E-state index is -0.490. The van der Waals surface area contributed by atoms with Crippen LogP contribution in [0.1, 0.15) is 5.56 Å². The van der Waals surface area contributed by atoms with Gasteiger partial charge >= 0.3 is 0 Å². The van der Waals surface area contributed by atoms with Gasteiger partial charge in [0.2, 0.25) is 5.88 Å². The van der Waals surface area contributed by atoms with Gasteiger partial charge in [-0.1, -0.05) is 0 Å². The summed E-state index contributed by atoms with van der Waals surface area (Å²) >= 11 is 2.90. The summed E-state index contributed by atoms with van der Waals surface area (Å²) in [5.41, 5.74) is 0.692. The Bertz CT molecular complexity index is 640. The molecule has 2 aromatic rings. The Morgan fingerprint density at radius 1 is 1.47 bits per heavy atom. The molecule has 0 saturated carbocycles. The first kappa shape index (κ1) is 11.8. The SMILES string of the molecule is Cc1cc(F)ccc1-c1nc(O)c(Br)c(=O)[nH]1. The van der Waals surface area contributed by atoms with Gasteiger partial charge in [0, 0.05) is 5.56 Å². The molecule has 4 nitrogen and oxygen atoms in total. The molecule has 0 unspecified atom stereocenters. The lowest BCUT2D eigenvalue weighted by Crippen LogP contribution is -2.10. The number of nitrogens with one attached hydrogen (secondary N) is 1. The second kappa shape index (κ2) is 4.29. The van der Waals surface area contributed by atoms with Crippen molar-refractivity contribution in [1.29, 1.82) is 0 Å². The van der Waals surface area contributed by atoms with Crippen LogP contribution in [0.5, 0.6) is 5.88 Å². The number of aromatic hydroxyl groups is 1. The molecule has 0 spiro atoms. The predicted octanol–water partition coefficient (Wildman–Crippen LogP) is 2.35. The summed E-state index contributed by atoms with van der Waals surface area (Å²) in [5, 5.41) is 9.44. The Labute approximate surface area is 104 Å². The molecule has 0 bridgehead atoms. The normalized spacial score (nSPS) is 10.5. The molecule has 0 amide bonds. The van der Waals surface area contributed by atoms with E-state index in [1.54, 1.807) is 6.92 Å². The molecule has 1 heterocycles. The smallest absolute Gasteiger partial charge is 0.269 e. The number of aromatic nitrogens is 2. The van der Waals surface area contributed by atoms with Gasteiger partial charge in [0.05, 0.1) is 0 Å². The Morgan fingerprint density at radius 3 is 2.76 bits per heavy atom. The molecule has 0 aliphatic carbocycles. The van der Waals surface area contributed by atoms with Gasteiger partial charge in [0.15, 0.2) is 0 Å². The van der Waals surface area contributed by atoms with Gasteiger partial charge in [0.1, 0.15) is 16.1 Å². The first-order valence-corrected chi connectivity index (χ1v) is 5.53. The van der Waals surface area contributed by atoms with Crippen molar-refractivity contribution in [2.45, 2.75) is 6.92 Å². The van der Waals surface area contributed by atoms with Crippen molar-refractivity contribution >= 4 is 15.9 Å². The van der Waals surface area contributed by atoms with Crippen LogP contribution in [0.3, 0.4) is 0 Å². The van der Waals surface area contributed by atoms with E-state index in [9.17, 15) is 14.3 Å². The molecule has 0 aliphatic rings. The zero-order chi connectivity index (χ0) is 12.6. The average molecular weight is 299 g/mol. The van der Waals surface area contributed by atoms with Gasteiger partial charge < -0.3 is 10.1 Å². The van der Waals surface area contributed by atoms with Gasteiger partial charge in [-0.3, -0.25) is 4.79 Å². The maximum atomic E-state index is 12.9. The molecular formula is C11H8BrFN2O2. The van der Waals surface area contributed by atoms with Crippen molar-refractivity contribution in [2.24, 2.45) is 0 Å². The lowest BCUT2D eigenvalue weighted by atomic mass is 10.1. The fraction of sp³-hybridized carbons (Fsp3) is 0.0909. The molecular weight excluding hydrogens is 291 g/mol. The van der Waals surface area contributed by atoms with E-state index in [1.807, 2.05) is 0 Å². The maximum Gasteiger partial charge on any atom is 0.269 e. The van der Waals surface area contributed by atoms with Crippen LogP contribution in [0, 0.1) is 12.7 Å². The topological polar surface area (TPSA) is 66.0 Å². The highest BCUT2D eigenvalue weighted by atomic mass is 79.9. The molecule has 0 radical (unpaired) electrons. The molecule has 2 N–H and O–H groups in total. The Kier molecular flexibility index (Phi) is 2.97. The zero-order valence-corrected chi connectivity index (χ0v) is 10.4. The fourth-order valence-corrected chi connectivity index (χ4v) is 1.66. The average Bonchev–Trinajstić information content (AvgIpc) is 2.25. The first-order chi connectivity index (χ1) is 7.99. The lowest BCUT2D eigenvalue weighted by molar-refractivity contribution is 0.448. The molecule has 0 fully saturated rings. The van der Waals surface area contributed by atoms with Gasteiger partial charge in [-0.25, -0.2) is 4.39 Å². The number of hydrogen-bond donors (Lipinski definition) is 2. The van der Waals surface area contributed by atoms with Crippen LogP contribution in [-0.2, 0) is 0 Å². The van der Waals surface area contributed by atoms with Gasteiger partial charge in [0.25, 0.3) is 5.56 Å². The van der Waals surface area contributed by atoms with Crippen LogP contribution in [0.15, 0.2) is 27.5 Å². The molecule has 6 heteroatoms. The van der Waals surface area contributed by atoms with Crippen LogP contribution in [0.4, 0.5) is 4.39 Å². The van der Waals surface area contributed by atoms with E-state index < -0.39 is 11.4 Å². The molecule has 0 saturated heterocycles. The van der Waals surface area contributed by atoms with Crippen molar-refractivity contribution in [3.8, 4) is 17.3 Å². The summed E-state index contributed by atoms with van der Waals surface area (Å²) in [6, 6.07) is 4.09. The van der Waals surface area contributed by atoms with Crippen LogP contribution in [-0.4, -0.2) is 15.1 Å². The van der Waals surface area contributed by atoms with Crippen LogP contribution < -0.4 is 5.56 Å². The predicted molar refractivity (Wildman–Crippen MR) is 64.4 cm³/mol. The number of aryl methyl sites for hydroxylation is 1. The summed E-state index contributed by atoms with van der Waals surface area (Å²) in [6.07, 6.45) is 0. The highest BCUT2D eigenvalue weighted by molar-refractivity contribution is 9.10. The number of aromatic amines is 1. The van der Waals surface area contributed by atoms with Crippen molar-refractivity contribution in [2.75, 3.05) is 0 Å². The molecule has 0 aliphatic heterocycles. The Hall–Kier alpha value is -1.69. The fourth-order valence-electron chi connectivity index (χ4n) is 1.47. The Morgan fingerprint density at radius 2 is 2.18 bits per heavy atom. The van der Waals surface area contributed by atoms with E-state index >= 15 is 0 Å². The third kappa shape index (κ3) is 2.21. The van der Waals surface area contributed by atoms with E-state index in [0.29, 0.717) is 11.1 Å². The largest absolute Gasteiger partial charge is 0.492 e. The summed E-state index contributed by atoms with van der Waals surface area (Å²) in [7, 11) is 0. The number of rotatable bonds is 1. The summed E-state index contributed by atoms with van der Waals surface area (Å²) < 4.78 is 12.9. The second-order valence-corrected chi connectivity index (χ2v) is 4.30. The number of H-pyrrole nitrogens is 1. The molecule has 17 heavy (non-hydrogen) atoms. The maximum absolute atomic E-state index is 12.9. The minimum absolute atomic E-state index is 0.0268. The number of hydrogen-bond acceptors (Lipinski definition) is 3. The van der Waals surface area contributed by atoms with Crippen LogP contribution >= 0.6 is 15.9 Å². The van der Waals surface area contributed by atoms with Gasteiger partial charge in [-0.15, -0.1) is 0 Å². The second-order valence-electron chi connectivity index (χ2n) is 3.51. The summed E-state index contributed by atoms with van der Waals surface area (Å²) in [6.45, 7) is 1.69. The monoisotopic (exact) mass is 298 g/mol. The summed E-state index contributed by atoms with van der Waals surface area (Å²) in [4.78, 5) is 17.8. The molecule has 0 atom stereocenters. The third-order valence-corrected chi connectivity index (χ3v) is 3.00. The van der Waals surface area contributed by atoms with Crippen LogP contribution in [0.25, 0.3) is 11.4 Å². The lowest BCUT2D eigenvalue weighted by Gasteiger charge is -2.05. The van der Waals surface area contributed by atoms with E-state index in [4.69, 9.17) is 0 Å². The molecule has 88 valence electrons. The van der Waals surface area contributed by atoms with Gasteiger partial charge in [-0.2, -0.15) is 4.98 Å². The standard InChI is InChI=1S/C11H8BrFN2O2/c1-5-4-6(13)2-3-7(5)9-14-10(16)8(12)11(17)15-9/h2-4H,1H3,(H2,14,15,16,17). The highest BCUT2D eigenvalue weighted by Crippen LogP contribution is 2.23. The highest BCUT2D eigenvalue weighted by Gasteiger charge is 2.11. The summed E-state index contributed by atoms with van der Waals surface area (Å²) in [5.74, 6) is -0.560. The number of halogens is 2. The third-order valence-electron chi connectivity index (χ3n) is 2.29. The zero-order valence-electron chi connectivity index (χ0n) is 8.79. The quantitative estimate of drug-likeness (QED) is 0.849. The van der Waals surface area contributed by atoms with Crippen LogP contribution in [0.2, 0.25) is 0 Å². The van der Waals surface area contributed by atoms with E-state index in [0.717, 1.165) is 0 Å². The van der Waals surface area contributed by atoms with Crippen molar-refractivity contribution in [1.82, 2.24) is 9.97 Å². The molecule has 1 aromatic heterocycles. The number of nitrogens with zero attached hydrogens (tertiary/aromatic N) is 1. The van der Waals surface area contributed by atoms with Crippen molar-refractivity contribution in [3.63, 3.8) is 0 Å². The van der Waals surface area contributed by atoms with E-state index in [2.05, 4.69) is 25.9 Å². The minimum Gasteiger partial charge on any atom is -0.492 e. The Balaban J connectivity index is 2.65. The van der Waals surface area contributed by atoms with E-state index in [1.165, 1.54) is 18.2 Å². The first-order valence-electron chi connectivity index (χ1n) is 4.74. The van der Waals surface area contributed by atoms with E-state index in [-0.39, 0.29) is 16.1 Å².